The standard InChI is InChI=1S/C18H27N/c1-3-19(4-2)15-18(17-11-7-8-12-17)14-13-16-9-5-6-10-16/h5-12,16-18H,3-4,13-15H2,1-2H3. The van der Waals surface area contributed by atoms with Gasteiger partial charge in [0.25, 0.3) is 0 Å². The Morgan fingerprint density at radius 1 is 0.895 bits per heavy atom. The third-order valence-electron chi connectivity index (χ3n) is 4.41. The summed E-state index contributed by atoms with van der Waals surface area (Å²) in [5, 5.41) is 0. The van der Waals surface area contributed by atoms with E-state index in [9.17, 15) is 0 Å². The van der Waals surface area contributed by atoms with Crippen LogP contribution in [0.4, 0.5) is 0 Å². The Morgan fingerprint density at radius 3 is 2.05 bits per heavy atom. The van der Waals surface area contributed by atoms with Gasteiger partial charge in [0.15, 0.2) is 0 Å². The lowest BCUT2D eigenvalue weighted by atomic mass is 9.86. The lowest BCUT2D eigenvalue weighted by molar-refractivity contribution is 0.223. The molecule has 0 bridgehead atoms. The Bertz CT molecular complexity index is 347. The molecule has 1 heteroatoms. The fourth-order valence-corrected chi connectivity index (χ4v) is 3.06. The first-order chi connectivity index (χ1) is 9.33. The van der Waals surface area contributed by atoms with Gasteiger partial charge >= 0.3 is 0 Å². The molecule has 0 amide bonds. The summed E-state index contributed by atoms with van der Waals surface area (Å²) in [6, 6.07) is 0. The normalized spacial score (nSPS) is 20.2. The lowest BCUT2D eigenvalue weighted by Crippen LogP contribution is -2.32. The minimum atomic E-state index is 0.648. The van der Waals surface area contributed by atoms with Gasteiger partial charge < -0.3 is 4.90 Å². The summed E-state index contributed by atoms with van der Waals surface area (Å²) < 4.78 is 0. The van der Waals surface area contributed by atoms with Gasteiger partial charge in [-0.25, -0.2) is 0 Å². The molecule has 2 aliphatic rings. The first-order valence-electron chi connectivity index (χ1n) is 7.75. The van der Waals surface area contributed by atoms with Crippen LogP contribution in [0, 0.1) is 17.8 Å². The second-order valence-corrected chi connectivity index (χ2v) is 5.60. The Balaban J connectivity index is 1.89. The third-order valence-corrected chi connectivity index (χ3v) is 4.41. The molecular formula is C18H27N. The maximum absolute atomic E-state index is 2.56. The summed E-state index contributed by atoms with van der Waals surface area (Å²) in [7, 11) is 0. The molecule has 0 N–H and O–H groups in total. The average molecular weight is 257 g/mol. The average Bonchev–Trinajstić information content (AvgIpc) is 3.12. The van der Waals surface area contributed by atoms with E-state index in [2.05, 4.69) is 67.4 Å². The van der Waals surface area contributed by atoms with Crippen molar-refractivity contribution in [3.8, 4) is 0 Å². The van der Waals surface area contributed by atoms with Crippen molar-refractivity contribution in [2.24, 2.45) is 17.8 Å². The summed E-state index contributed by atoms with van der Waals surface area (Å²) in [6.45, 7) is 8.09. The molecule has 1 unspecified atom stereocenters. The molecule has 2 aliphatic carbocycles. The number of nitrogens with zero attached hydrogens (tertiary/aromatic N) is 1. The van der Waals surface area contributed by atoms with Crippen LogP contribution in [-0.4, -0.2) is 24.5 Å². The summed E-state index contributed by atoms with van der Waals surface area (Å²) >= 11 is 0. The van der Waals surface area contributed by atoms with Gasteiger partial charge in [0.1, 0.15) is 0 Å². The molecule has 0 saturated heterocycles. The number of hydrogen-bond acceptors (Lipinski definition) is 1. The molecule has 0 aromatic heterocycles. The predicted molar refractivity (Wildman–Crippen MR) is 84.1 cm³/mol. The van der Waals surface area contributed by atoms with E-state index in [0.717, 1.165) is 19.0 Å². The molecule has 0 fully saturated rings. The molecular weight excluding hydrogens is 230 g/mol. The van der Waals surface area contributed by atoms with E-state index >= 15 is 0 Å². The van der Waals surface area contributed by atoms with Crippen molar-refractivity contribution >= 4 is 0 Å². The van der Waals surface area contributed by atoms with Crippen molar-refractivity contribution in [3.63, 3.8) is 0 Å². The first-order valence-corrected chi connectivity index (χ1v) is 7.75. The van der Waals surface area contributed by atoms with Crippen molar-refractivity contribution in [3.05, 3.63) is 48.6 Å². The molecule has 0 heterocycles. The van der Waals surface area contributed by atoms with E-state index < -0.39 is 0 Å². The predicted octanol–water partition coefficient (Wildman–Crippen LogP) is 4.21. The van der Waals surface area contributed by atoms with Gasteiger partial charge in [-0.3, -0.25) is 0 Å². The molecule has 1 nitrogen and oxygen atoms in total. The van der Waals surface area contributed by atoms with Crippen LogP contribution in [0.5, 0.6) is 0 Å². The molecule has 19 heavy (non-hydrogen) atoms. The van der Waals surface area contributed by atoms with Gasteiger partial charge in [-0.05, 0) is 43.7 Å². The van der Waals surface area contributed by atoms with Crippen molar-refractivity contribution in [2.45, 2.75) is 26.7 Å². The highest BCUT2D eigenvalue weighted by Crippen LogP contribution is 2.28. The minimum absolute atomic E-state index is 0.648. The van der Waals surface area contributed by atoms with Gasteiger partial charge in [0.05, 0.1) is 0 Å². The summed E-state index contributed by atoms with van der Waals surface area (Å²) in [5.74, 6) is 2.08. The quantitative estimate of drug-likeness (QED) is 0.629. The van der Waals surface area contributed by atoms with Gasteiger partial charge in [-0.2, -0.15) is 0 Å². The molecule has 0 radical (unpaired) electrons. The van der Waals surface area contributed by atoms with E-state index in [1.807, 2.05) is 0 Å². The monoisotopic (exact) mass is 257 g/mol. The Kier molecular flexibility index (Phi) is 5.65. The largest absolute Gasteiger partial charge is 0.304 e. The maximum Gasteiger partial charge on any atom is 0.00181 e. The van der Waals surface area contributed by atoms with Crippen molar-refractivity contribution in [1.29, 1.82) is 0 Å². The molecule has 0 aliphatic heterocycles. The van der Waals surface area contributed by atoms with Crippen LogP contribution < -0.4 is 0 Å². The maximum atomic E-state index is 2.56. The molecule has 0 saturated carbocycles. The van der Waals surface area contributed by atoms with Crippen LogP contribution in [0.2, 0.25) is 0 Å². The highest BCUT2D eigenvalue weighted by Gasteiger charge is 2.21. The summed E-state index contributed by atoms with van der Waals surface area (Å²) in [6.07, 6.45) is 20.8. The molecule has 104 valence electrons. The van der Waals surface area contributed by atoms with Crippen LogP contribution in [-0.2, 0) is 0 Å². The van der Waals surface area contributed by atoms with Crippen molar-refractivity contribution in [1.82, 2.24) is 4.90 Å². The van der Waals surface area contributed by atoms with E-state index in [1.165, 1.54) is 19.4 Å². The lowest BCUT2D eigenvalue weighted by Gasteiger charge is -2.28. The van der Waals surface area contributed by atoms with Crippen LogP contribution in [0.15, 0.2) is 48.6 Å². The Hall–Kier alpha value is -1.08. The Labute approximate surface area is 118 Å². The topological polar surface area (TPSA) is 3.24 Å². The van der Waals surface area contributed by atoms with Crippen LogP contribution in [0.25, 0.3) is 0 Å². The summed E-state index contributed by atoms with van der Waals surface area (Å²) in [4.78, 5) is 2.56. The van der Waals surface area contributed by atoms with Gasteiger partial charge in [0.2, 0.25) is 0 Å². The van der Waals surface area contributed by atoms with E-state index in [-0.39, 0.29) is 0 Å². The zero-order chi connectivity index (χ0) is 13.5. The van der Waals surface area contributed by atoms with Crippen molar-refractivity contribution < 1.29 is 0 Å². The zero-order valence-electron chi connectivity index (χ0n) is 12.3. The van der Waals surface area contributed by atoms with E-state index in [4.69, 9.17) is 0 Å². The van der Waals surface area contributed by atoms with Crippen LogP contribution in [0.3, 0.4) is 0 Å². The Morgan fingerprint density at radius 2 is 1.47 bits per heavy atom. The SMILES string of the molecule is CCN(CC)CC(CCC1C=CC=C1)C1C=CC=C1. The molecule has 1 atom stereocenters. The zero-order valence-corrected chi connectivity index (χ0v) is 12.3. The van der Waals surface area contributed by atoms with E-state index in [1.54, 1.807) is 0 Å². The minimum Gasteiger partial charge on any atom is -0.304 e. The molecule has 0 aromatic carbocycles. The number of allylic oxidation sites excluding steroid dienone is 8. The highest BCUT2D eigenvalue weighted by atomic mass is 15.1. The number of rotatable bonds is 8. The van der Waals surface area contributed by atoms with Gasteiger partial charge in [0, 0.05) is 6.54 Å². The third kappa shape index (κ3) is 4.21. The van der Waals surface area contributed by atoms with Gasteiger partial charge in [-0.1, -0.05) is 62.5 Å². The molecule has 2 rings (SSSR count). The van der Waals surface area contributed by atoms with Crippen LogP contribution >= 0.6 is 0 Å². The number of hydrogen-bond donors (Lipinski definition) is 0. The molecule has 0 aromatic rings. The van der Waals surface area contributed by atoms with Gasteiger partial charge in [-0.15, -0.1) is 0 Å². The fourth-order valence-electron chi connectivity index (χ4n) is 3.06. The summed E-state index contributed by atoms with van der Waals surface area (Å²) in [5.41, 5.74) is 0. The molecule has 0 spiro atoms. The first kappa shape index (κ1) is 14.3. The second-order valence-electron chi connectivity index (χ2n) is 5.60. The van der Waals surface area contributed by atoms with E-state index in [0.29, 0.717) is 11.8 Å². The second kappa shape index (κ2) is 7.49. The fraction of sp³-hybridized carbons (Fsp3) is 0.556. The highest BCUT2D eigenvalue weighted by molar-refractivity contribution is 5.20. The van der Waals surface area contributed by atoms with Crippen LogP contribution in [0.1, 0.15) is 26.7 Å². The van der Waals surface area contributed by atoms with Crippen molar-refractivity contribution in [2.75, 3.05) is 19.6 Å². The smallest absolute Gasteiger partial charge is 0.00181 e.